The molecule has 0 aromatic heterocycles. The Hall–Kier alpha value is -3.10. The number of hydrazone groups is 2. The molecule has 1 unspecified atom stereocenters. The van der Waals surface area contributed by atoms with E-state index in [4.69, 9.17) is 14.2 Å². The highest BCUT2D eigenvalue weighted by atomic mass is 16.5. The average Bonchev–Trinajstić information content (AvgIpc) is 2.93. The van der Waals surface area contributed by atoms with Crippen LogP contribution in [0, 0.1) is 5.92 Å². The molecule has 1 aliphatic rings. The molecule has 0 aliphatic carbocycles. The number of carbonyl (C=O) groups is 2. The molecule has 9 heteroatoms. The first-order valence-corrected chi connectivity index (χ1v) is 7.46. The maximum absolute atomic E-state index is 11.9. The second-order valence-electron chi connectivity index (χ2n) is 5.23. The molecular formula is C16H20N4O5. The summed E-state index contributed by atoms with van der Waals surface area (Å²) in [4.78, 5) is 23.5. The van der Waals surface area contributed by atoms with Crippen LogP contribution in [0.3, 0.4) is 0 Å². The molecular weight excluding hydrogens is 328 g/mol. The number of hydrogen-bond donors (Lipinski definition) is 2. The number of ether oxygens (including phenoxy) is 3. The Kier molecular flexibility index (Phi) is 5.93. The lowest BCUT2D eigenvalue weighted by Gasteiger charge is -2.11. The van der Waals surface area contributed by atoms with E-state index in [1.165, 1.54) is 27.5 Å². The highest BCUT2D eigenvalue weighted by molar-refractivity contribution is 6.09. The van der Waals surface area contributed by atoms with Crippen molar-refractivity contribution in [3.8, 4) is 17.2 Å². The van der Waals surface area contributed by atoms with Crippen molar-refractivity contribution in [2.75, 3.05) is 21.3 Å². The number of amides is 2. The first-order chi connectivity index (χ1) is 12.0. The predicted octanol–water partition coefficient (Wildman–Crippen LogP) is 0.674. The summed E-state index contributed by atoms with van der Waals surface area (Å²) in [7, 11) is 4.55. The molecule has 1 aromatic rings. The van der Waals surface area contributed by atoms with E-state index in [0.717, 1.165) is 0 Å². The molecule has 134 valence electrons. The molecule has 0 radical (unpaired) electrons. The minimum Gasteiger partial charge on any atom is -0.496 e. The van der Waals surface area contributed by atoms with E-state index < -0.39 is 11.8 Å². The molecule has 0 bridgehead atoms. The Morgan fingerprint density at radius 1 is 1.24 bits per heavy atom. The van der Waals surface area contributed by atoms with Gasteiger partial charge in [0.05, 0.1) is 33.5 Å². The maximum Gasteiger partial charge on any atom is 0.249 e. The quantitative estimate of drug-likeness (QED) is 0.556. The first kappa shape index (κ1) is 18.2. The van der Waals surface area contributed by atoms with Gasteiger partial charge in [-0.1, -0.05) is 0 Å². The standard InChI is InChI=1S/C16H20N4O5/c1-9-11(16(22)20-18-9)6-15(21)19-17-8-10-5-13(24-3)14(25-4)7-12(10)23-2/h5,7-8,11H,6H2,1-4H3,(H,19,21)(H,20,22). The Morgan fingerprint density at radius 2 is 1.88 bits per heavy atom. The van der Waals surface area contributed by atoms with E-state index >= 15 is 0 Å². The monoisotopic (exact) mass is 348 g/mol. The molecule has 2 rings (SSSR count). The van der Waals surface area contributed by atoms with Gasteiger partial charge in [-0.3, -0.25) is 9.59 Å². The van der Waals surface area contributed by atoms with Crippen molar-refractivity contribution in [1.82, 2.24) is 10.9 Å². The molecule has 25 heavy (non-hydrogen) atoms. The average molecular weight is 348 g/mol. The van der Waals surface area contributed by atoms with E-state index in [9.17, 15) is 9.59 Å². The Balaban J connectivity index is 2.05. The van der Waals surface area contributed by atoms with Gasteiger partial charge in [-0.15, -0.1) is 0 Å². The summed E-state index contributed by atoms with van der Waals surface area (Å²) in [6.45, 7) is 1.69. The van der Waals surface area contributed by atoms with E-state index in [2.05, 4.69) is 21.1 Å². The van der Waals surface area contributed by atoms with Gasteiger partial charge in [0.15, 0.2) is 11.5 Å². The lowest BCUT2D eigenvalue weighted by molar-refractivity contribution is -0.127. The van der Waals surface area contributed by atoms with Gasteiger partial charge in [-0.2, -0.15) is 10.2 Å². The van der Waals surface area contributed by atoms with Crippen molar-refractivity contribution >= 4 is 23.7 Å². The zero-order valence-electron chi connectivity index (χ0n) is 14.5. The number of rotatable bonds is 7. The van der Waals surface area contributed by atoms with Crippen molar-refractivity contribution < 1.29 is 23.8 Å². The van der Waals surface area contributed by atoms with Gasteiger partial charge in [0.2, 0.25) is 11.8 Å². The number of benzene rings is 1. The third kappa shape index (κ3) is 4.25. The van der Waals surface area contributed by atoms with Crippen LogP contribution >= 0.6 is 0 Å². The van der Waals surface area contributed by atoms with Gasteiger partial charge in [-0.05, 0) is 13.0 Å². The third-order valence-electron chi connectivity index (χ3n) is 3.68. The molecule has 0 fully saturated rings. The lowest BCUT2D eigenvalue weighted by atomic mass is 10.0. The van der Waals surface area contributed by atoms with Crippen LogP contribution in [0.25, 0.3) is 0 Å². The van der Waals surface area contributed by atoms with Crippen molar-refractivity contribution in [3.63, 3.8) is 0 Å². The minimum absolute atomic E-state index is 0.0262. The molecule has 0 saturated carbocycles. The van der Waals surface area contributed by atoms with Crippen molar-refractivity contribution in [2.45, 2.75) is 13.3 Å². The summed E-state index contributed by atoms with van der Waals surface area (Å²) in [5, 5.41) is 7.69. The van der Waals surface area contributed by atoms with Crippen LogP contribution in [0.5, 0.6) is 17.2 Å². The zero-order chi connectivity index (χ0) is 18.4. The molecule has 2 N–H and O–H groups in total. The molecule has 1 atom stereocenters. The van der Waals surface area contributed by atoms with Gasteiger partial charge < -0.3 is 14.2 Å². The SMILES string of the molecule is COc1cc(OC)c(OC)cc1C=NNC(=O)CC1C(=O)NN=C1C. The number of carbonyl (C=O) groups excluding carboxylic acids is 2. The summed E-state index contributed by atoms with van der Waals surface area (Å²) >= 11 is 0. The molecule has 2 amide bonds. The lowest BCUT2D eigenvalue weighted by Crippen LogP contribution is -2.29. The summed E-state index contributed by atoms with van der Waals surface area (Å²) in [6.07, 6.45) is 1.40. The van der Waals surface area contributed by atoms with E-state index in [1.807, 2.05) is 0 Å². The largest absolute Gasteiger partial charge is 0.496 e. The van der Waals surface area contributed by atoms with Crippen LogP contribution < -0.4 is 25.1 Å². The summed E-state index contributed by atoms with van der Waals surface area (Å²) in [5.74, 6) is 0.276. The van der Waals surface area contributed by atoms with Gasteiger partial charge in [0.1, 0.15) is 5.75 Å². The van der Waals surface area contributed by atoms with Crippen LogP contribution in [0.4, 0.5) is 0 Å². The highest BCUT2D eigenvalue weighted by Crippen LogP contribution is 2.33. The van der Waals surface area contributed by atoms with Crippen LogP contribution in [0.2, 0.25) is 0 Å². The Bertz CT molecular complexity index is 729. The summed E-state index contributed by atoms with van der Waals surface area (Å²) in [6, 6.07) is 3.33. The summed E-state index contributed by atoms with van der Waals surface area (Å²) in [5.41, 5.74) is 5.89. The molecule has 9 nitrogen and oxygen atoms in total. The maximum atomic E-state index is 11.9. The predicted molar refractivity (Wildman–Crippen MR) is 91.2 cm³/mol. The smallest absolute Gasteiger partial charge is 0.249 e. The van der Waals surface area contributed by atoms with Gasteiger partial charge >= 0.3 is 0 Å². The summed E-state index contributed by atoms with van der Waals surface area (Å²) < 4.78 is 15.7. The van der Waals surface area contributed by atoms with E-state index in [0.29, 0.717) is 28.5 Å². The molecule has 0 spiro atoms. The van der Waals surface area contributed by atoms with E-state index in [1.54, 1.807) is 19.1 Å². The molecule has 1 aromatic carbocycles. The number of nitrogens with one attached hydrogen (secondary N) is 2. The van der Waals surface area contributed by atoms with Gasteiger partial charge in [-0.25, -0.2) is 10.9 Å². The van der Waals surface area contributed by atoms with Crippen molar-refractivity contribution in [1.29, 1.82) is 0 Å². The highest BCUT2D eigenvalue weighted by Gasteiger charge is 2.29. The number of hydrogen-bond acceptors (Lipinski definition) is 7. The Morgan fingerprint density at radius 3 is 2.44 bits per heavy atom. The fourth-order valence-corrected chi connectivity index (χ4v) is 2.29. The van der Waals surface area contributed by atoms with Crippen LogP contribution in [-0.2, 0) is 9.59 Å². The van der Waals surface area contributed by atoms with E-state index in [-0.39, 0.29) is 12.3 Å². The second-order valence-corrected chi connectivity index (χ2v) is 5.23. The van der Waals surface area contributed by atoms with Crippen molar-refractivity contribution in [2.24, 2.45) is 16.1 Å². The van der Waals surface area contributed by atoms with Crippen molar-refractivity contribution in [3.05, 3.63) is 17.7 Å². The fraction of sp³-hybridized carbons (Fsp3) is 0.375. The molecule has 0 saturated heterocycles. The fourth-order valence-electron chi connectivity index (χ4n) is 2.29. The van der Waals surface area contributed by atoms with Gasteiger partial charge in [0.25, 0.3) is 0 Å². The normalized spacial score (nSPS) is 16.4. The third-order valence-corrected chi connectivity index (χ3v) is 3.68. The molecule has 1 heterocycles. The van der Waals surface area contributed by atoms with Crippen LogP contribution in [-0.4, -0.2) is 45.1 Å². The van der Waals surface area contributed by atoms with Crippen LogP contribution in [0.1, 0.15) is 18.9 Å². The second kappa shape index (κ2) is 8.13. The Labute approximate surface area is 145 Å². The number of methoxy groups -OCH3 is 3. The topological polar surface area (TPSA) is 111 Å². The first-order valence-electron chi connectivity index (χ1n) is 7.46. The van der Waals surface area contributed by atoms with Gasteiger partial charge in [0, 0.05) is 23.8 Å². The molecule has 1 aliphatic heterocycles. The van der Waals surface area contributed by atoms with Crippen LogP contribution in [0.15, 0.2) is 22.3 Å². The number of nitrogens with zero attached hydrogens (tertiary/aromatic N) is 2. The zero-order valence-corrected chi connectivity index (χ0v) is 14.5. The minimum atomic E-state index is -0.564.